The predicted octanol–water partition coefficient (Wildman–Crippen LogP) is 3.49. The molecule has 0 aliphatic heterocycles. The van der Waals surface area contributed by atoms with Gasteiger partial charge in [0.1, 0.15) is 0 Å². The lowest BCUT2D eigenvalue weighted by molar-refractivity contribution is -0.125. The van der Waals surface area contributed by atoms with Crippen molar-refractivity contribution in [3.05, 3.63) is 90.5 Å². The van der Waals surface area contributed by atoms with Gasteiger partial charge >= 0.3 is 0 Å². The summed E-state index contributed by atoms with van der Waals surface area (Å²) < 4.78 is 1.80. The highest BCUT2D eigenvalue weighted by Gasteiger charge is 2.08. The molecule has 0 saturated heterocycles. The van der Waals surface area contributed by atoms with Crippen LogP contribution in [0.4, 0.5) is 0 Å². The molecule has 0 bridgehead atoms. The molecule has 0 unspecified atom stereocenters. The van der Waals surface area contributed by atoms with Crippen LogP contribution in [0.15, 0.2) is 79.3 Å². The zero-order chi connectivity index (χ0) is 19.3. The number of carbonyl (C=O) groups is 1. The SMILES string of the molecule is CN(Cc1cnn(-c2ccccc2)c1)C(=O)/C=C/c1cnc2ccccc2n1. The van der Waals surface area contributed by atoms with Crippen LogP contribution in [0, 0.1) is 0 Å². The maximum atomic E-state index is 12.4. The summed E-state index contributed by atoms with van der Waals surface area (Å²) in [5.41, 5.74) is 4.23. The number of para-hydroxylation sites is 3. The third-order valence-electron chi connectivity index (χ3n) is 4.32. The van der Waals surface area contributed by atoms with Gasteiger partial charge in [0.15, 0.2) is 0 Å². The molecule has 6 nitrogen and oxygen atoms in total. The number of aromatic nitrogens is 4. The minimum atomic E-state index is -0.109. The highest BCUT2D eigenvalue weighted by atomic mass is 16.2. The molecular weight excluding hydrogens is 350 g/mol. The Kier molecular flexibility index (Phi) is 4.93. The van der Waals surface area contributed by atoms with Gasteiger partial charge in [-0.2, -0.15) is 5.10 Å². The van der Waals surface area contributed by atoms with E-state index in [0.29, 0.717) is 12.2 Å². The van der Waals surface area contributed by atoms with Crippen LogP contribution in [0.2, 0.25) is 0 Å². The Morgan fingerprint density at radius 3 is 2.61 bits per heavy atom. The minimum absolute atomic E-state index is 0.109. The molecule has 28 heavy (non-hydrogen) atoms. The monoisotopic (exact) mass is 369 g/mol. The third kappa shape index (κ3) is 3.96. The first-order chi connectivity index (χ1) is 13.7. The number of amides is 1. The molecule has 2 aromatic carbocycles. The minimum Gasteiger partial charge on any atom is -0.338 e. The van der Waals surface area contributed by atoms with Gasteiger partial charge in [-0.15, -0.1) is 0 Å². The van der Waals surface area contributed by atoms with E-state index in [1.54, 1.807) is 35.1 Å². The zero-order valence-electron chi connectivity index (χ0n) is 15.4. The highest BCUT2D eigenvalue weighted by molar-refractivity contribution is 5.91. The summed E-state index contributed by atoms with van der Waals surface area (Å²) in [5, 5.41) is 4.36. The van der Waals surface area contributed by atoms with Crippen LogP contribution >= 0.6 is 0 Å². The van der Waals surface area contributed by atoms with Gasteiger partial charge in [0.05, 0.1) is 34.8 Å². The quantitative estimate of drug-likeness (QED) is 0.505. The van der Waals surface area contributed by atoms with Crippen LogP contribution in [-0.4, -0.2) is 37.6 Å². The average molecular weight is 369 g/mol. The second-order valence-electron chi connectivity index (χ2n) is 6.44. The molecule has 1 amide bonds. The van der Waals surface area contributed by atoms with Gasteiger partial charge in [-0.05, 0) is 30.3 Å². The van der Waals surface area contributed by atoms with Crippen LogP contribution in [0.25, 0.3) is 22.8 Å². The van der Waals surface area contributed by atoms with E-state index >= 15 is 0 Å². The predicted molar refractivity (Wildman–Crippen MR) is 109 cm³/mol. The van der Waals surface area contributed by atoms with E-state index in [-0.39, 0.29) is 5.91 Å². The largest absolute Gasteiger partial charge is 0.338 e. The Hall–Kier alpha value is -3.80. The lowest BCUT2D eigenvalue weighted by atomic mass is 10.3. The van der Waals surface area contributed by atoms with Gasteiger partial charge in [0.2, 0.25) is 5.91 Å². The van der Waals surface area contributed by atoms with Gasteiger partial charge in [-0.3, -0.25) is 9.78 Å². The van der Waals surface area contributed by atoms with Crippen LogP contribution in [0.3, 0.4) is 0 Å². The summed E-state index contributed by atoms with van der Waals surface area (Å²) in [6.45, 7) is 0.472. The van der Waals surface area contributed by atoms with Gasteiger partial charge in [-0.1, -0.05) is 30.3 Å². The van der Waals surface area contributed by atoms with Crippen molar-refractivity contribution in [2.45, 2.75) is 6.54 Å². The van der Waals surface area contributed by atoms with E-state index in [4.69, 9.17) is 0 Å². The van der Waals surface area contributed by atoms with Crippen molar-refractivity contribution in [3.8, 4) is 5.69 Å². The van der Waals surface area contributed by atoms with Crippen molar-refractivity contribution in [1.29, 1.82) is 0 Å². The molecule has 4 rings (SSSR count). The zero-order valence-corrected chi connectivity index (χ0v) is 15.4. The average Bonchev–Trinajstić information content (AvgIpc) is 3.21. The molecule has 2 heterocycles. The Labute approximate surface area is 162 Å². The van der Waals surface area contributed by atoms with Crippen molar-refractivity contribution in [2.24, 2.45) is 0 Å². The number of hydrogen-bond donors (Lipinski definition) is 0. The second-order valence-corrected chi connectivity index (χ2v) is 6.44. The maximum Gasteiger partial charge on any atom is 0.246 e. The van der Waals surface area contributed by atoms with Gasteiger partial charge in [0.25, 0.3) is 0 Å². The first-order valence-electron chi connectivity index (χ1n) is 8.93. The van der Waals surface area contributed by atoms with Gasteiger partial charge in [0, 0.05) is 31.4 Å². The topological polar surface area (TPSA) is 63.9 Å². The van der Waals surface area contributed by atoms with Crippen molar-refractivity contribution in [1.82, 2.24) is 24.6 Å². The summed E-state index contributed by atoms with van der Waals surface area (Å²) in [6.07, 6.45) is 8.56. The summed E-state index contributed by atoms with van der Waals surface area (Å²) >= 11 is 0. The number of benzene rings is 2. The van der Waals surface area contributed by atoms with Crippen LogP contribution in [-0.2, 0) is 11.3 Å². The Balaban J connectivity index is 1.41. The number of likely N-dealkylation sites (N-methyl/N-ethyl adjacent to an activating group) is 1. The van der Waals surface area contributed by atoms with Gasteiger partial charge < -0.3 is 4.90 Å². The smallest absolute Gasteiger partial charge is 0.246 e. The first kappa shape index (κ1) is 17.6. The van der Waals surface area contributed by atoms with E-state index in [2.05, 4.69) is 15.1 Å². The van der Waals surface area contributed by atoms with Crippen molar-refractivity contribution in [3.63, 3.8) is 0 Å². The molecule has 0 N–H and O–H groups in total. The lowest BCUT2D eigenvalue weighted by Gasteiger charge is -2.13. The summed E-state index contributed by atoms with van der Waals surface area (Å²) in [7, 11) is 1.76. The Morgan fingerprint density at radius 2 is 1.79 bits per heavy atom. The van der Waals surface area contributed by atoms with E-state index in [0.717, 1.165) is 22.3 Å². The molecule has 0 aliphatic carbocycles. The molecule has 0 fully saturated rings. The number of carbonyl (C=O) groups excluding carboxylic acids is 1. The molecule has 0 radical (unpaired) electrons. The summed E-state index contributed by atoms with van der Waals surface area (Å²) in [4.78, 5) is 22.9. The Bertz CT molecular complexity index is 1130. The normalized spacial score (nSPS) is 11.2. The van der Waals surface area contributed by atoms with E-state index in [9.17, 15) is 4.79 Å². The fraction of sp³-hybridized carbons (Fsp3) is 0.0909. The van der Waals surface area contributed by atoms with E-state index in [1.807, 2.05) is 60.8 Å². The first-order valence-corrected chi connectivity index (χ1v) is 8.93. The van der Waals surface area contributed by atoms with Gasteiger partial charge in [-0.25, -0.2) is 9.67 Å². The van der Waals surface area contributed by atoms with Crippen molar-refractivity contribution >= 4 is 23.0 Å². The molecule has 0 atom stereocenters. The molecule has 4 aromatic rings. The van der Waals surface area contributed by atoms with Crippen LogP contribution in [0.5, 0.6) is 0 Å². The molecule has 138 valence electrons. The van der Waals surface area contributed by atoms with Crippen molar-refractivity contribution in [2.75, 3.05) is 7.05 Å². The second kappa shape index (κ2) is 7.84. The lowest BCUT2D eigenvalue weighted by Crippen LogP contribution is -2.23. The van der Waals surface area contributed by atoms with Crippen LogP contribution in [0.1, 0.15) is 11.3 Å². The number of fused-ring (bicyclic) bond motifs is 1. The standard InChI is InChI=1S/C22H19N5O/c1-26(15-17-13-24-27(16-17)19-7-3-2-4-8-19)22(28)12-11-18-14-23-20-9-5-6-10-21(20)25-18/h2-14,16H,15H2,1H3/b12-11+. The maximum absolute atomic E-state index is 12.4. The molecule has 0 spiro atoms. The molecule has 0 saturated carbocycles. The summed E-state index contributed by atoms with van der Waals surface area (Å²) in [6, 6.07) is 17.5. The van der Waals surface area contributed by atoms with E-state index in [1.165, 1.54) is 6.08 Å². The summed E-state index contributed by atoms with van der Waals surface area (Å²) in [5.74, 6) is -0.109. The molecule has 2 aromatic heterocycles. The molecular formula is C22H19N5O. The number of nitrogens with zero attached hydrogens (tertiary/aromatic N) is 5. The fourth-order valence-corrected chi connectivity index (χ4v) is 2.85. The number of hydrogen-bond acceptors (Lipinski definition) is 4. The van der Waals surface area contributed by atoms with E-state index < -0.39 is 0 Å². The third-order valence-corrected chi connectivity index (χ3v) is 4.32. The molecule has 0 aliphatic rings. The van der Waals surface area contributed by atoms with Crippen LogP contribution < -0.4 is 0 Å². The highest BCUT2D eigenvalue weighted by Crippen LogP contribution is 2.11. The molecule has 6 heteroatoms. The Morgan fingerprint density at radius 1 is 1.04 bits per heavy atom. The number of rotatable bonds is 5. The van der Waals surface area contributed by atoms with Crippen molar-refractivity contribution < 1.29 is 4.79 Å². The fourth-order valence-electron chi connectivity index (χ4n) is 2.85.